The molecule has 27 heavy (non-hydrogen) atoms. The Hall–Kier alpha value is -3.11. The van der Waals surface area contributed by atoms with Crippen molar-refractivity contribution in [2.45, 2.75) is 6.10 Å². The summed E-state index contributed by atoms with van der Waals surface area (Å²) in [7, 11) is 1.55. The Bertz CT molecular complexity index is 936. The summed E-state index contributed by atoms with van der Waals surface area (Å²) in [6.45, 7) is 0. The van der Waals surface area contributed by atoms with Crippen LogP contribution in [-0.4, -0.2) is 18.9 Å². The minimum Gasteiger partial charge on any atom is -0.497 e. The molecule has 0 radical (unpaired) electrons. The number of carbonyl (C=O) groups is 2. The van der Waals surface area contributed by atoms with Crippen LogP contribution in [0.25, 0.3) is 0 Å². The van der Waals surface area contributed by atoms with Crippen LogP contribution in [0.2, 0.25) is 5.02 Å². The van der Waals surface area contributed by atoms with Crippen LogP contribution < -0.4 is 4.74 Å². The molecular formula is C22H17ClO4. The van der Waals surface area contributed by atoms with Gasteiger partial charge in [0.05, 0.1) is 17.7 Å². The van der Waals surface area contributed by atoms with Crippen molar-refractivity contribution in [3.8, 4) is 5.75 Å². The van der Waals surface area contributed by atoms with E-state index in [0.717, 1.165) is 0 Å². The van der Waals surface area contributed by atoms with Crippen molar-refractivity contribution in [3.05, 3.63) is 101 Å². The van der Waals surface area contributed by atoms with Gasteiger partial charge < -0.3 is 9.47 Å². The molecular weight excluding hydrogens is 364 g/mol. The van der Waals surface area contributed by atoms with E-state index in [4.69, 9.17) is 21.1 Å². The lowest BCUT2D eigenvalue weighted by Gasteiger charge is -2.18. The number of ketones is 1. The second kappa shape index (κ2) is 8.52. The number of hydrogen-bond donors (Lipinski definition) is 0. The predicted molar refractivity (Wildman–Crippen MR) is 103 cm³/mol. The molecule has 136 valence electrons. The molecule has 1 atom stereocenters. The van der Waals surface area contributed by atoms with E-state index in [-0.39, 0.29) is 16.4 Å². The topological polar surface area (TPSA) is 52.6 Å². The molecule has 0 saturated carbocycles. The summed E-state index contributed by atoms with van der Waals surface area (Å²) < 4.78 is 10.7. The fourth-order valence-electron chi connectivity index (χ4n) is 2.60. The molecule has 0 aliphatic heterocycles. The van der Waals surface area contributed by atoms with Crippen molar-refractivity contribution in [1.29, 1.82) is 0 Å². The largest absolute Gasteiger partial charge is 0.497 e. The zero-order chi connectivity index (χ0) is 19.2. The first-order valence-corrected chi connectivity index (χ1v) is 8.66. The third-order valence-electron chi connectivity index (χ3n) is 4.03. The first kappa shape index (κ1) is 18.7. The fourth-order valence-corrected chi connectivity index (χ4v) is 2.82. The fraction of sp³-hybridized carbons (Fsp3) is 0.0909. The van der Waals surface area contributed by atoms with E-state index >= 15 is 0 Å². The summed E-state index contributed by atoms with van der Waals surface area (Å²) in [5.74, 6) is -0.351. The SMILES string of the molecule is COc1ccc(C(=O)[C@H](OC(=O)c2ccccc2Cl)c2ccccc2)cc1. The summed E-state index contributed by atoms with van der Waals surface area (Å²) in [5, 5.41) is 0.270. The molecule has 0 N–H and O–H groups in total. The summed E-state index contributed by atoms with van der Waals surface area (Å²) in [6, 6.07) is 22.1. The van der Waals surface area contributed by atoms with Gasteiger partial charge in [-0.05, 0) is 36.4 Å². The minimum absolute atomic E-state index is 0.211. The van der Waals surface area contributed by atoms with Crippen LogP contribution in [-0.2, 0) is 4.74 Å². The summed E-state index contributed by atoms with van der Waals surface area (Å²) >= 11 is 6.08. The smallest absolute Gasteiger partial charge is 0.340 e. The Morgan fingerprint density at radius 2 is 1.48 bits per heavy atom. The van der Waals surface area contributed by atoms with Crippen molar-refractivity contribution in [2.75, 3.05) is 7.11 Å². The highest BCUT2D eigenvalue weighted by atomic mass is 35.5. The Morgan fingerprint density at radius 3 is 2.11 bits per heavy atom. The third kappa shape index (κ3) is 4.36. The molecule has 0 aliphatic carbocycles. The Kier molecular flexibility index (Phi) is 5.89. The van der Waals surface area contributed by atoms with Gasteiger partial charge in [-0.1, -0.05) is 54.1 Å². The predicted octanol–water partition coefficient (Wildman–Crippen LogP) is 5.13. The van der Waals surface area contributed by atoms with Gasteiger partial charge in [0.2, 0.25) is 5.78 Å². The summed E-state index contributed by atoms with van der Waals surface area (Å²) in [5.41, 5.74) is 1.21. The first-order chi connectivity index (χ1) is 13.1. The van der Waals surface area contributed by atoms with Crippen molar-refractivity contribution in [2.24, 2.45) is 0 Å². The second-order valence-corrected chi connectivity index (χ2v) is 6.18. The lowest BCUT2D eigenvalue weighted by molar-refractivity contribution is 0.0280. The number of carbonyl (C=O) groups excluding carboxylic acids is 2. The molecule has 0 fully saturated rings. The second-order valence-electron chi connectivity index (χ2n) is 5.77. The van der Waals surface area contributed by atoms with Gasteiger partial charge in [-0.25, -0.2) is 4.79 Å². The molecule has 5 heteroatoms. The minimum atomic E-state index is -1.08. The van der Waals surface area contributed by atoms with Crippen LogP contribution in [0.3, 0.4) is 0 Å². The monoisotopic (exact) mass is 380 g/mol. The molecule has 0 spiro atoms. The number of rotatable bonds is 6. The van der Waals surface area contributed by atoms with Gasteiger partial charge >= 0.3 is 5.97 Å². The standard InChI is InChI=1S/C22H17ClO4/c1-26-17-13-11-15(12-14-17)20(24)21(16-7-3-2-4-8-16)27-22(25)18-9-5-6-10-19(18)23/h2-14,21H,1H3/t21-/m1/s1. The Balaban J connectivity index is 1.92. The average molecular weight is 381 g/mol. The van der Waals surface area contributed by atoms with E-state index in [1.165, 1.54) is 0 Å². The maximum Gasteiger partial charge on any atom is 0.340 e. The average Bonchev–Trinajstić information content (AvgIpc) is 2.72. The molecule has 0 heterocycles. The van der Waals surface area contributed by atoms with Gasteiger partial charge in [-0.2, -0.15) is 0 Å². The first-order valence-electron chi connectivity index (χ1n) is 8.29. The van der Waals surface area contributed by atoms with E-state index in [1.807, 2.05) is 6.07 Å². The molecule has 4 nitrogen and oxygen atoms in total. The molecule has 3 aromatic carbocycles. The lowest BCUT2D eigenvalue weighted by Crippen LogP contribution is -2.20. The van der Waals surface area contributed by atoms with E-state index in [0.29, 0.717) is 16.9 Å². The van der Waals surface area contributed by atoms with E-state index < -0.39 is 12.1 Å². The highest BCUT2D eigenvalue weighted by Crippen LogP contribution is 2.26. The normalized spacial score (nSPS) is 11.5. The van der Waals surface area contributed by atoms with Crippen molar-refractivity contribution in [3.63, 3.8) is 0 Å². The van der Waals surface area contributed by atoms with Crippen molar-refractivity contribution < 1.29 is 19.1 Å². The van der Waals surface area contributed by atoms with Crippen LogP contribution >= 0.6 is 11.6 Å². The Morgan fingerprint density at radius 1 is 0.852 bits per heavy atom. The lowest BCUT2D eigenvalue weighted by atomic mass is 9.99. The van der Waals surface area contributed by atoms with Crippen LogP contribution in [0, 0.1) is 0 Å². The van der Waals surface area contributed by atoms with Gasteiger partial charge in [0.1, 0.15) is 5.75 Å². The number of Topliss-reactive ketones (excluding diaryl/α,β-unsaturated/α-hetero) is 1. The third-order valence-corrected chi connectivity index (χ3v) is 4.36. The van der Waals surface area contributed by atoms with E-state index in [1.54, 1.807) is 79.9 Å². The van der Waals surface area contributed by atoms with Gasteiger partial charge in [-0.3, -0.25) is 4.79 Å². The molecule has 3 aromatic rings. The van der Waals surface area contributed by atoms with Crippen LogP contribution in [0.4, 0.5) is 0 Å². The number of ether oxygens (including phenoxy) is 2. The molecule has 0 unspecified atom stereocenters. The molecule has 0 amide bonds. The van der Waals surface area contributed by atoms with Crippen molar-refractivity contribution in [1.82, 2.24) is 0 Å². The van der Waals surface area contributed by atoms with Gasteiger partial charge in [0.15, 0.2) is 6.10 Å². The van der Waals surface area contributed by atoms with Crippen LogP contribution in [0.1, 0.15) is 32.4 Å². The number of halogens is 1. The number of benzene rings is 3. The molecule has 0 aliphatic rings. The molecule has 0 aromatic heterocycles. The number of methoxy groups -OCH3 is 1. The van der Waals surface area contributed by atoms with Crippen LogP contribution in [0.15, 0.2) is 78.9 Å². The van der Waals surface area contributed by atoms with Gasteiger partial charge in [-0.15, -0.1) is 0 Å². The highest BCUT2D eigenvalue weighted by Gasteiger charge is 2.27. The van der Waals surface area contributed by atoms with Crippen molar-refractivity contribution >= 4 is 23.4 Å². The van der Waals surface area contributed by atoms with Gasteiger partial charge in [0.25, 0.3) is 0 Å². The van der Waals surface area contributed by atoms with E-state index in [2.05, 4.69) is 0 Å². The maximum atomic E-state index is 13.0. The highest BCUT2D eigenvalue weighted by molar-refractivity contribution is 6.33. The summed E-state index contributed by atoms with van der Waals surface area (Å²) in [4.78, 5) is 25.7. The van der Waals surface area contributed by atoms with Crippen LogP contribution in [0.5, 0.6) is 5.75 Å². The Labute approximate surface area is 162 Å². The summed E-state index contributed by atoms with van der Waals surface area (Å²) in [6.07, 6.45) is -1.08. The maximum absolute atomic E-state index is 13.0. The van der Waals surface area contributed by atoms with E-state index in [9.17, 15) is 9.59 Å². The quantitative estimate of drug-likeness (QED) is 0.439. The number of hydrogen-bond acceptors (Lipinski definition) is 4. The zero-order valence-electron chi connectivity index (χ0n) is 14.6. The molecule has 0 saturated heterocycles. The number of esters is 1. The molecule has 0 bridgehead atoms. The molecule has 3 rings (SSSR count). The zero-order valence-corrected chi connectivity index (χ0v) is 15.3. The van der Waals surface area contributed by atoms with Gasteiger partial charge in [0, 0.05) is 11.1 Å².